The van der Waals surface area contributed by atoms with Gasteiger partial charge in [-0.3, -0.25) is 9.59 Å². The van der Waals surface area contributed by atoms with Crippen molar-refractivity contribution in [3.8, 4) is 0 Å². The first kappa shape index (κ1) is 21.9. The van der Waals surface area contributed by atoms with E-state index in [4.69, 9.17) is 0 Å². The van der Waals surface area contributed by atoms with Crippen molar-refractivity contribution in [1.29, 1.82) is 0 Å². The van der Waals surface area contributed by atoms with Gasteiger partial charge in [-0.05, 0) is 31.5 Å². The van der Waals surface area contributed by atoms with Crippen molar-refractivity contribution in [3.05, 3.63) is 71.3 Å². The molecule has 2 rings (SSSR count). The SMILES string of the molecule is CCNC(=O)[C@H](C)N(Cc1ccccc1F)C(=O)CSCc1ccccc1F. The lowest BCUT2D eigenvalue weighted by Gasteiger charge is -2.28. The van der Waals surface area contributed by atoms with E-state index in [1.54, 1.807) is 50.2 Å². The van der Waals surface area contributed by atoms with Crippen LogP contribution in [0.4, 0.5) is 8.78 Å². The molecule has 0 fully saturated rings. The largest absolute Gasteiger partial charge is 0.355 e. The van der Waals surface area contributed by atoms with E-state index >= 15 is 0 Å². The molecule has 0 unspecified atom stereocenters. The van der Waals surface area contributed by atoms with Gasteiger partial charge in [-0.1, -0.05) is 36.4 Å². The molecule has 0 saturated carbocycles. The molecule has 0 aliphatic heterocycles. The van der Waals surface area contributed by atoms with Crippen molar-refractivity contribution >= 4 is 23.6 Å². The fraction of sp³-hybridized carbons (Fsp3) is 0.333. The van der Waals surface area contributed by atoms with Gasteiger partial charge in [-0.2, -0.15) is 0 Å². The fourth-order valence-corrected chi connectivity index (χ4v) is 3.56. The third kappa shape index (κ3) is 6.05. The first-order chi connectivity index (χ1) is 13.4. The van der Waals surface area contributed by atoms with E-state index in [9.17, 15) is 18.4 Å². The fourth-order valence-electron chi connectivity index (χ4n) is 2.66. The quantitative estimate of drug-likeness (QED) is 0.690. The second-order valence-electron chi connectivity index (χ2n) is 6.27. The molecule has 2 amide bonds. The molecule has 0 bridgehead atoms. The van der Waals surface area contributed by atoms with Crippen LogP contribution in [0.2, 0.25) is 0 Å². The van der Waals surface area contributed by atoms with Gasteiger partial charge in [0.25, 0.3) is 0 Å². The second kappa shape index (κ2) is 10.8. The van der Waals surface area contributed by atoms with Gasteiger partial charge in [0.2, 0.25) is 11.8 Å². The molecule has 2 aromatic carbocycles. The van der Waals surface area contributed by atoms with Crippen LogP contribution in [0.5, 0.6) is 0 Å². The molecule has 0 radical (unpaired) electrons. The van der Waals surface area contributed by atoms with Gasteiger partial charge in [0.05, 0.1) is 5.75 Å². The number of benzene rings is 2. The van der Waals surface area contributed by atoms with Crippen molar-refractivity contribution < 1.29 is 18.4 Å². The van der Waals surface area contributed by atoms with Gasteiger partial charge < -0.3 is 10.2 Å². The Bertz CT molecular complexity index is 816. The van der Waals surface area contributed by atoms with Crippen LogP contribution in [-0.2, 0) is 21.9 Å². The predicted molar refractivity (Wildman–Crippen MR) is 108 cm³/mol. The summed E-state index contributed by atoms with van der Waals surface area (Å²) in [4.78, 5) is 26.4. The summed E-state index contributed by atoms with van der Waals surface area (Å²) in [6.45, 7) is 3.83. The zero-order valence-corrected chi connectivity index (χ0v) is 16.8. The van der Waals surface area contributed by atoms with Crippen molar-refractivity contribution in [2.75, 3.05) is 12.3 Å². The normalized spacial score (nSPS) is 11.7. The highest BCUT2D eigenvalue weighted by Crippen LogP contribution is 2.18. The third-order valence-electron chi connectivity index (χ3n) is 4.26. The topological polar surface area (TPSA) is 49.4 Å². The van der Waals surface area contributed by atoms with E-state index in [1.807, 2.05) is 0 Å². The Morgan fingerprint density at radius 3 is 2.18 bits per heavy atom. The number of hydrogen-bond donors (Lipinski definition) is 1. The lowest BCUT2D eigenvalue weighted by Crippen LogP contribution is -2.48. The highest BCUT2D eigenvalue weighted by molar-refractivity contribution is 7.99. The Balaban J connectivity index is 2.08. The Morgan fingerprint density at radius 1 is 1.04 bits per heavy atom. The summed E-state index contributed by atoms with van der Waals surface area (Å²) in [6.07, 6.45) is 0. The van der Waals surface area contributed by atoms with E-state index in [-0.39, 0.29) is 29.9 Å². The number of nitrogens with one attached hydrogen (secondary N) is 1. The zero-order chi connectivity index (χ0) is 20.5. The van der Waals surface area contributed by atoms with Gasteiger partial charge in [0.15, 0.2) is 0 Å². The number of nitrogens with zero attached hydrogens (tertiary/aromatic N) is 1. The first-order valence-corrected chi connectivity index (χ1v) is 10.2. The molecule has 0 heterocycles. The van der Waals surface area contributed by atoms with Gasteiger partial charge in [-0.15, -0.1) is 11.8 Å². The Hall–Kier alpha value is -2.41. The second-order valence-corrected chi connectivity index (χ2v) is 7.25. The highest BCUT2D eigenvalue weighted by atomic mass is 32.2. The summed E-state index contributed by atoms with van der Waals surface area (Å²) in [5.74, 6) is -0.952. The standard InChI is InChI=1S/C21H24F2N2O2S/c1-3-24-21(27)15(2)25(12-16-8-4-6-10-18(16)22)20(26)14-28-13-17-9-5-7-11-19(17)23/h4-11,15H,3,12-14H2,1-2H3,(H,24,27)/t15-/m0/s1. The molecule has 28 heavy (non-hydrogen) atoms. The smallest absolute Gasteiger partial charge is 0.242 e. The molecule has 4 nitrogen and oxygen atoms in total. The van der Waals surface area contributed by atoms with Crippen LogP contribution in [0.15, 0.2) is 48.5 Å². The summed E-state index contributed by atoms with van der Waals surface area (Å²) in [6, 6.07) is 11.8. The van der Waals surface area contributed by atoms with Crippen molar-refractivity contribution in [2.45, 2.75) is 32.2 Å². The lowest BCUT2D eigenvalue weighted by atomic mass is 10.1. The average Bonchev–Trinajstić information content (AvgIpc) is 2.68. The van der Waals surface area contributed by atoms with Crippen LogP contribution in [0.25, 0.3) is 0 Å². The van der Waals surface area contributed by atoms with Crippen molar-refractivity contribution in [3.63, 3.8) is 0 Å². The van der Waals surface area contributed by atoms with Crippen LogP contribution in [-0.4, -0.2) is 35.1 Å². The minimum Gasteiger partial charge on any atom is -0.355 e. The summed E-state index contributed by atoms with van der Waals surface area (Å²) in [7, 11) is 0. The molecule has 0 saturated heterocycles. The number of halogens is 2. The molecule has 0 aliphatic carbocycles. The van der Waals surface area contributed by atoms with E-state index in [0.717, 1.165) is 0 Å². The van der Waals surface area contributed by atoms with Gasteiger partial charge in [0.1, 0.15) is 17.7 Å². The molecule has 0 aromatic heterocycles. The van der Waals surface area contributed by atoms with Crippen molar-refractivity contribution in [2.24, 2.45) is 0 Å². The summed E-state index contributed by atoms with van der Waals surface area (Å²) in [5, 5.41) is 2.69. The first-order valence-electron chi connectivity index (χ1n) is 9.05. The predicted octanol–water partition coefficient (Wildman–Crippen LogP) is 3.75. The van der Waals surface area contributed by atoms with E-state index in [0.29, 0.717) is 23.4 Å². The van der Waals surface area contributed by atoms with Gasteiger partial charge >= 0.3 is 0 Å². The molecule has 0 spiro atoms. The minimum absolute atomic E-state index is 0.00986. The molecule has 7 heteroatoms. The average molecular weight is 406 g/mol. The van der Waals surface area contributed by atoms with Crippen LogP contribution in [0.3, 0.4) is 0 Å². The maximum atomic E-state index is 14.1. The van der Waals surface area contributed by atoms with E-state index in [2.05, 4.69) is 5.32 Å². The lowest BCUT2D eigenvalue weighted by molar-refractivity contribution is -0.138. The molecular formula is C21H24F2N2O2S. The highest BCUT2D eigenvalue weighted by Gasteiger charge is 2.26. The van der Waals surface area contributed by atoms with E-state index in [1.165, 1.54) is 28.8 Å². The molecule has 150 valence electrons. The number of amides is 2. The van der Waals surface area contributed by atoms with E-state index < -0.39 is 11.9 Å². The third-order valence-corrected chi connectivity index (χ3v) is 5.22. The van der Waals surface area contributed by atoms with Crippen LogP contribution in [0, 0.1) is 11.6 Å². The number of rotatable bonds is 9. The Kier molecular flexibility index (Phi) is 8.44. The summed E-state index contributed by atoms with van der Waals surface area (Å²) < 4.78 is 27.8. The van der Waals surface area contributed by atoms with Gasteiger partial charge in [-0.25, -0.2) is 8.78 Å². The zero-order valence-electron chi connectivity index (χ0n) is 16.0. The molecular weight excluding hydrogens is 382 g/mol. The van der Waals surface area contributed by atoms with Crippen LogP contribution >= 0.6 is 11.8 Å². The van der Waals surface area contributed by atoms with Crippen LogP contribution in [0.1, 0.15) is 25.0 Å². The van der Waals surface area contributed by atoms with Crippen molar-refractivity contribution in [1.82, 2.24) is 10.2 Å². The number of thioether (sulfide) groups is 1. The Morgan fingerprint density at radius 2 is 1.61 bits per heavy atom. The molecule has 0 aliphatic rings. The number of hydrogen-bond acceptors (Lipinski definition) is 3. The van der Waals surface area contributed by atoms with Crippen LogP contribution < -0.4 is 5.32 Å². The maximum Gasteiger partial charge on any atom is 0.242 e. The summed E-state index contributed by atoms with van der Waals surface area (Å²) >= 11 is 1.26. The number of carbonyl (C=O) groups is 2. The number of likely N-dealkylation sites (N-methyl/N-ethyl adjacent to an activating group) is 1. The molecule has 1 N–H and O–H groups in total. The molecule has 1 atom stereocenters. The maximum absolute atomic E-state index is 14.1. The molecule has 2 aromatic rings. The number of carbonyl (C=O) groups excluding carboxylic acids is 2. The summed E-state index contributed by atoms with van der Waals surface area (Å²) in [5.41, 5.74) is 0.851. The monoisotopic (exact) mass is 406 g/mol. The Labute approximate surface area is 168 Å². The van der Waals surface area contributed by atoms with Gasteiger partial charge in [0, 0.05) is 24.4 Å². The minimum atomic E-state index is -0.749.